The van der Waals surface area contributed by atoms with E-state index >= 15 is 0 Å². The van der Waals surface area contributed by atoms with Crippen LogP contribution in [0, 0.1) is 0 Å². The standard InChI is InChI=1S/C16H20N4O2S/c1-2-13-17-15(19-18-13)12-9-20(6-7-22-12)16(21)14-11(5-8-23-14)10-3-4-10/h5,8,10,12H,2-4,6-7,9H2,1H3,(H,17,18,19)/t12-/m1/s1. The van der Waals surface area contributed by atoms with Crippen LogP contribution in [0.2, 0.25) is 0 Å². The van der Waals surface area contributed by atoms with E-state index < -0.39 is 0 Å². The molecule has 1 atom stereocenters. The maximum Gasteiger partial charge on any atom is 0.264 e. The Morgan fingerprint density at radius 1 is 1.52 bits per heavy atom. The lowest BCUT2D eigenvalue weighted by Gasteiger charge is -2.31. The van der Waals surface area contributed by atoms with E-state index in [1.807, 2.05) is 17.2 Å². The van der Waals surface area contributed by atoms with Crippen LogP contribution in [0.15, 0.2) is 11.4 Å². The minimum absolute atomic E-state index is 0.126. The summed E-state index contributed by atoms with van der Waals surface area (Å²) in [4.78, 5) is 20.1. The zero-order valence-corrected chi connectivity index (χ0v) is 13.9. The molecule has 2 aromatic heterocycles. The Kier molecular flexibility index (Phi) is 3.90. The first-order valence-electron chi connectivity index (χ1n) is 8.15. The number of aryl methyl sites for hydroxylation is 1. The second-order valence-corrected chi connectivity index (χ2v) is 7.00. The van der Waals surface area contributed by atoms with Gasteiger partial charge in [0.2, 0.25) is 0 Å². The van der Waals surface area contributed by atoms with Gasteiger partial charge >= 0.3 is 0 Å². The number of aromatic amines is 1. The largest absolute Gasteiger partial charge is 0.366 e. The summed E-state index contributed by atoms with van der Waals surface area (Å²) >= 11 is 1.55. The fraction of sp³-hybridized carbons (Fsp3) is 0.562. The third kappa shape index (κ3) is 2.90. The summed E-state index contributed by atoms with van der Waals surface area (Å²) in [5.41, 5.74) is 1.23. The number of amides is 1. The number of ether oxygens (including phenoxy) is 1. The lowest BCUT2D eigenvalue weighted by atomic mass is 10.1. The van der Waals surface area contributed by atoms with E-state index in [1.54, 1.807) is 11.3 Å². The average Bonchev–Trinajstić information content (AvgIpc) is 3.14. The monoisotopic (exact) mass is 332 g/mol. The normalized spacial score (nSPS) is 21.6. The molecule has 0 unspecified atom stereocenters. The SMILES string of the molecule is CCc1nc([C@H]2CN(C(=O)c3sccc3C3CC3)CCO2)n[nH]1. The molecule has 0 bridgehead atoms. The fourth-order valence-corrected chi connectivity index (χ4v) is 3.91. The third-order valence-electron chi connectivity index (χ3n) is 4.43. The van der Waals surface area contributed by atoms with Crippen LogP contribution in [0.1, 0.15) is 58.7 Å². The molecule has 122 valence electrons. The van der Waals surface area contributed by atoms with Crippen molar-refractivity contribution in [3.05, 3.63) is 33.5 Å². The number of hydrogen-bond acceptors (Lipinski definition) is 5. The van der Waals surface area contributed by atoms with Crippen LogP contribution in [-0.2, 0) is 11.2 Å². The number of carbonyl (C=O) groups excluding carboxylic acids is 1. The molecule has 0 aromatic carbocycles. The van der Waals surface area contributed by atoms with Crippen molar-refractivity contribution in [1.82, 2.24) is 20.1 Å². The van der Waals surface area contributed by atoms with Gasteiger partial charge in [-0.05, 0) is 35.8 Å². The van der Waals surface area contributed by atoms with Gasteiger partial charge in [-0.2, -0.15) is 5.10 Å². The van der Waals surface area contributed by atoms with Crippen molar-refractivity contribution in [2.45, 2.75) is 38.2 Å². The van der Waals surface area contributed by atoms with Gasteiger partial charge in [-0.25, -0.2) is 4.98 Å². The molecule has 1 aliphatic carbocycles. The number of hydrogen-bond donors (Lipinski definition) is 1. The second-order valence-electron chi connectivity index (χ2n) is 6.08. The lowest BCUT2D eigenvalue weighted by Crippen LogP contribution is -2.42. The molecule has 1 saturated carbocycles. The summed E-state index contributed by atoms with van der Waals surface area (Å²) in [7, 11) is 0. The number of morpholine rings is 1. The highest BCUT2D eigenvalue weighted by molar-refractivity contribution is 7.12. The highest BCUT2D eigenvalue weighted by Crippen LogP contribution is 2.43. The Morgan fingerprint density at radius 3 is 3.13 bits per heavy atom. The minimum Gasteiger partial charge on any atom is -0.366 e. The van der Waals surface area contributed by atoms with Crippen LogP contribution in [0.3, 0.4) is 0 Å². The fourth-order valence-electron chi connectivity index (χ4n) is 2.95. The van der Waals surface area contributed by atoms with Gasteiger partial charge in [0.25, 0.3) is 5.91 Å². The van der Waals surface area contributed by atoms with Crippen molar-refractivity contribution in [2.75, 3.05) is 19.7 Å². The van der Waals surface area contributed by atoms with Gasteiger partial charge < -0.3 is 9.64 Å². The molecule has 2 aliphatic rings. The van der Waals surface area contributed by atoms with Crippen molar-refractivity contribution < 1.29 is 9.53 Å². The van der Waals surface area contributed by atoms with Gasteiger partial charge in [-0.3, -0.25) is 9.89 Å². The van der Waals surface area contributed by atoms with Crippen LogP contribution in [-0.4, -0.2) is 45.7 Å². The summed E-state index contributed by atoms with van der Waals surface area (Å²) in [6, 6.07) is 2.11. The van der Waals surface area contributed by atoms with Gasteiger partial charge in [0.05, 0.1) is 18.0 Å². The summed E-state index contributed by atoms with van der Waals surface area (Å²) in [6.07, 6.45) is 2.98. The summed E-state index contributed by atoms with van der Waals surface area (Å²) in [5.74, 6) is 2.22. The molecule has 3 heterocycles. The van der Waals surface area contributed by atoms with Gasteiger partial charge in [-0.1, -0.05) is 6.92 Å². The lowest BCUT2D eigenvalue weighted by molar-refractivity contribution is -0.0265. The maximum absolute atomic E-state index is 12.9. The summed E-state index contributed by atoms with van der Waals surface area (Å²) in [6.45, 7) is 3.69. The highest BCUT2D eigenvalue weighted by atomic mass is 32.1. The molecule has 4 rings (SSSR count). The maximum atomic E-state index is 12.9. The zero-order valence-electron chi connectivity index (χ0n) is 13.1. The van der Waals surface area contributed by atoms with Gasteiger partial charge in [-0.15, -0.1) is 11.3 Å². The van der Waals surface area contributed by atoms with Crippen LogP contribution >= 0.6 is 11.3 Å². The number of nitrogens with zero attached hydrogens (tertiary/aromatic N) is 3. The molecule has 7 heteroatoms. The number of nitrogens with one attached hydrogen (secondary N) is 1. The zero-order chi connectivity index (χ0) is 15.8. The number of H-pyrrole nitrogens is 1. The minimum atomic E-state index is -0.242. The van der Waals surface area contributed by atoms with Crippen LogP contribution in [0.25, 0.3) is 0 Å². The van der Waals surface area contributed by atoms with Crippen LogP contribution < -0.4 is 0 Å². The van der Waals surface area contributed by atoms with E-state index in [1.165, 1.54) is 18.4 Å². The molecule has 2 fully saturated rings. The van der Waals surface area contributed by atoms with Crippen molar-refractivity contribution in [3.63, 3.8) is 0 Å². The molecular weight excluding hydrogens is 312 g/mol. The van der Waals surface area contributed by atoms with Gasteiger partial charge in [0.15, 0.2) is 5.82 Å². The Morgan fingerprint density at radius 2 is 2.39 bits per heavy atom. The van der Waals surface area contributed by atoms with E-state index in [0.717, 1.165) is 17.1 Å². The van der Waals surface area contributed by atoms with Crippen molar-refractivity contribution >= 4 is 17.2 Å². The first-order chi connectivity index (χ1) is 11.3. The molecule has 1 saturated heterocycles. The molecular formula is C16H20N4O2S. The average molecular weight is 332 g/mol. The van der Waals surface area contributed by atoms with Crippen LogP contribution in [0.4, 0.5) is 0 Å². The van der Waals surface area contributed by atoms with E-state index in [2.05, 4.69) is 21.2 Å². The first kappa shape index (κ1) is 14.8. The molecule has 0 radical (unpaired) electrons. The smallest absolute Gasteiger partial charge is 0.264 e. The molecule has 0 spiro atoms. The predicted molar refractivity (Wildman–Crippen MR) is 86.7 cm³/mol. The van der Waals surface area contributed by atoms with Crippen molar-refractivity contribution in [1.29, 1.82) is 0 Å². The summed E-state index contributed by atoms with van der Waals surface area (Å²) in [5, 5.41) is 9.17. The first-order valence-corrected chi connectivity index (χ1v) is 9.03. The van der Waals surface area contributed by atoms with E-state index in [4.69, 9.17) is 4.74 Å². The second kappa shape index (κ2) is 6.05. The molecule has 23 heavy (non-hydrogen) atoms. The quantitative estimate of drug-likeness (QED) is 0.934. The van der Waals surface area contributed by atoms with Gasteiger partial charge in [0, 0.05) is 13.0 Å². The molecule has 1 aliphatic heterocycles. The van der Waals surface area contributed by atoms with Crippen LogP contribution in [0.5, 0.6) is 0 Å². The number of rotatable bonds is 4. The van der Waals surface area contributed by atoms with Gasteiger partial charge in [0.1, 0.15) is 11.9 Å². The van der Waals surface area contributed by atoms with E-state index in [-0.39, 0.29) is 12.0 Å². The predicted octanol–water partition coefficient (Wildman–Crippen LogP) is 2.52. The number of carbonyl (C=O) groups is 1. The Bertz CT molecular complexity index is 707. The molecule has 1 N–H and O–H groups in total. The Hall–Kier alpha value is -1.73. The highest BCUT2D eigenvalue weighted by Gasteiger charge is 2.33. The van der Waals surface area contributed by atoms with E-state index in [9.17, 15) is 4.79 Å². The Labute approximate surface area is 138 Å². The summed E-state index contributed by atoms with van der Waals surface area (Å²) < 4.78 is 5.77. The Balaban J connectivity index is 1.50. The van der Waals surface area contributed by atoms with E-state index in [0.29, 0.717) is 31.4 Å². The number of thiophene rings is 1. The molecule has 6 nitrogen and oxygen atoms in total. The van der Waals surface area contributed by atoms with Crippen molar-refractivity contribution in [2.24, 2.45) is 0 Å². The molecule has 1 amide bonds. The number of aromatic nitrogens is 3. The van der Waals surface area contributed by atoms with Crippen molar-refractivity contribution in [3.8, 4) is 0 Å². The molecule has 2 aromatic rings. The topological polar surface area (TPSA) is 71.1 Å². The third-order valence-corrected chi connectivity index (χ3v) is 5.35.